The number of halogens is 4. The molecule has 2 nitrogen and oxygen atoms in total. The van der Waals surface area contributed by atoms with Gasteiger partial charge >= 0.3 is 6.18 Å². The Morgan fingerprint density at radius 3 is 2.10 bits per heavy atom. The Bertz CT molecular complexity index is 463. The summed E-state index contributed by atoms with van der Waals surface area (Å²) in [4.78, 5) is 2.39. The maximum atomic E-state index is 12.6. The lowest BCUT2D eigenvalue weighted by Crippen LogP contribution is -2.28. The van der Waals surface area contributed by atoms with Gasteiger partial charge in [0.15, 0.2) is 0 Å². The minimum absolute atomic E-state index is 0. The molecule has 2 saturated heterocycles. The van der Waals surface area contributed by atoms with Gasteiger partial charge in [-0.15, -0.1) is 12.4 Å². The molecule has 2 heterocycles. The highest BCUT2D eigenvalue weighted by Gasteiger charge is 2.38. The predicted molar refractivity (Wildman–Crippen MR) is 78.5 cm³/mol. The van der Waals surface area contributed by atoms with E-state index in [1.54, 1.807) is 12.1 Å². The van der Waals surface area contributed by atoms with Crippen molar-refractivity contribution in [3.8, 4) is 0 Å². The average Bonchev–Trinajstić information content (AvgIpc) is 2.97. The van der Waals surface area contributed by atoms with E-state index in [-0.39, 0.29) is 18.4 Å². The number of hydrogen-bond acceptors (Lipinski definition) is 2. The van der Waals surface area contributed by atoms with E-state index in [4.69, 9.17) is 0 Å². The maximum absolute atomic E-state index is 12.6. The molecular weight excluding hydrogens is 301 g/mol. The molecule has 1 aromatic rings. The van der Waals surface area contributed by atoms with Crippen molar-refractivity contribution in [2.45, 2.75) is 19.1 Å². The summed E-state index contributed by atoms with van der Waals surface area (Å²) in [6.45, 7) is 6.30. The van der Waals surface area contributed by atoms with Crippen molar-refractivity contribution >= 4 is 12.4 Å². The van der Waals surface area contributed by atoms with Crippen LogP contribution < -0.4 is 5.32 Å². The van der Waals surface area contributed by atoms with Gasteiger partial charge in [0.1, 0.15) is 0 Å². The fourth-order valence-corrected chi connectivity index (χ4v) is 3.37. The smallest absolute Gasteiger partial charge is 0.316 e. The second-order valence-corrected chi connectivity index (χ2v) is 5.93. The Labute approximate surface area is 129 Å². The Hall–Kier alpha value is -0.780. The Morgan fingerprint density at radius 2 is 1.62 bits per heavy atom. The van der Waals surface area contributed by atoms with Crippen LogP contribution in [0.5, 0.6) is 0 Å². The average molecular weight is 321 g/mol. The summed E-state index contributed by atoms with van der Waals surface area (Å²) >= 11 is 0. The summed E-state index contributed by atoms with van der Waals surface area (Å²) in [6.07, 6.45) is -4.25. The lowest BCUT2D eigenvalue weighted by molar-refractivity contribution is -0.137. The van der Waals surface area contributed by atoms with Crippen LogP contribution in [0.1, 0.15) is 24.1 Å². The lowest BCUT2D eigenvalue weighted by Gasteiger charge is -2.25. The maximum Gasteiger partial charge on any atom is 0.416 e. The topological polar surface area (TPSA) is 15.3 Å². The molecule has 0 bridgehead atoms. The van der Waals surface area contributed by atoms with Gasteiger partial charge in [0.2, 0.25) is 0 Å². The first-order valence-electron chi connectivity index (χ1n) is 7.07. The van der Waals surface area contributed by atoms with Crippen molar-refractivity contribution in [2.75, 3.05) is 26.2 Å². The van der Waals surface area contributed by atoms with Gasteiger partial charge in [-0.2, -0.15) is 13.2 Å². The van der Waals surface area contributed by atoms with E-state index in [2.05, 4.69) is 17.1 Å². The van der Waals surface area contributed by atoms with E-state index in [1.807, 2.05) is 0 Å². The van der Waals surface area contributed by atoms with Gasteiger partial charge in [0.25, 0.3) is 0 Å². The Morgan fingerprint density at radius 1 is 1.10 bits per heavy atom. The molecule has 21 heavy (non-hydrogen) atoms. The number of likely N-dealkylation sites (tertiary alicyclic amines) is 1. The molecule has 0 amide bonds. The van der Waals surface area contributed by atoms with Crippen LogP contribution in [0.25, 0.3) is 0 Å². The number of rotatable bonds is 2. The number of nitrogens with one attached hydrogen (secondary N) is 1. The first kappa shape index (κ1) is 16.6. The molecule has 118 valence electrons. The van der Waals surface area contributed by atoms with Crippen molar-refractivity contribution in [3.05, 3.63) is 35.4 Å². The van der Waals surface area contributed by atoms with Gasteiger partial charge in [0, 0.05) is 19.1 Å². The summed E-state index contributed by atoms with van der Waals surface area (Å²) in [5.74, 6) is 1.40. The minimum Gasteiger partial charge on any atom is -0.316 e. The van der Waals surface area contributed by atoms with Gasteiger partial charge in [-0.3, -0.25) is 4.90 Å². The van der Waals surface area contributed by atoms with Crippen LogP contribution >= 0.6 is 12.4 Å². The van der Waals surface area contributed by atoms with E-state index in [9.17, 15) is 13.2 Å². The van der Waals surface area contributed by atoms with Crippen molar-refractivity contribution < 1.29 is 13.2 Å². The van der Waals surface area contributed by atoms with Crippen LogP contribution in [0.2, 0.25) is 0 Å². The normalized spacial score (nSPS) is 27.2. The van der Waals surface area contributed by atoms with Crippen molar-refractivity contribution in [3.63, 3.8) is 0 Å². The number of nitrogens with zero attached hydrogens (tertiary/aromatic N) is 1. The van der Waals surface area contributed by atoms with Gasteiger partial charge in [-0.1, -0.05) is 12.1 Å². The summed E-state index contributed by atoms with van der Waals surface area (Å²) in [7, 11) is 0. The third kappa shape index (κ3) is 3.35. The standard InChI is InChI=1S/C15H19F3N2.ClH/c1-10(20-8-12-6-19-7-13(12)9-20)11-2-4-14(5-3-11)15(16,17)18;/h2-5,10,12-13,19H,6-9H2,1H3;1H/t10?,12-,13+;. The fourth-order valence-electron chi connectivity index (χ4n) is 3.37. The highest BCUT2D eigenvalue weighted by Crippen LogP contribution is 2.34. The van der Waals surface area contributed by atoms with Gasteiger partial charge < -0.3 is 5.32 Å². The van der Waals surface area contributed by atoms with Gasteiger partial charge in [-0.05, 0) is 49.5 Å². The van der Waals surface area contributed by atoms with E-state index in [1.165, 1.54) is 12.1 Å². The molecule has 1 unspecified atom stereocenters. The molecule has 6 heteroatoms. The molecule has 3 rings (SSSR count). The summed E-state index contributed by atoms with van der Waals surface area (Å²) < 4.78 is 37.7. The second-order valence-electron chi connectivity index (χ2n) is 5.93. The van der Waals surface area contributed by atoms with Crippen molar-refractivity contribution in [1.29, 1.82) is 0 Å². The SMILES string of the molecule is CC(c1ccc(C(F)(F)F)cc1)N1C[C@H]2CNC[C@H]2C1.Cl. The molecule has 0 radical (unpaired) electrons. The van der Waals surface area contributed by atoms with Crippen molar-refractivity contribution in [1.82, 2.24) is 10.2 Å². The van der Waals surface area contributed by atoms with Crippen LogP contribution in [0.4, 0.5) is 13.2 Å². The number of alkyl halides is 3. The molecule has 0 aromatic heterocycles. The Balaban J connectivity index is 0.00000161. The molecular formula is C15H20ClF3N2. The van der Waals surface area contributed by atoms with E-state index in [0.29, 0.717) is 11.8 Å². The zero-order valence-corrected chi connectivity index (χ0v) is 12.7. The van der Waals surface area contributed by atoms with Crippen LogP contribution in [-0.4, -0.2) is 31.1 Å². The molecule has 1 N–H and O–H groups in total. The highest BCUT2D eigenvalue weighted by atomic mass is 35.5. The molecule has 0 saturated carbocycles. The van der Waals surface area contributed by atoms with Crippen LogP contribution in [0, 0.1) is 11.8 Å². The Kier molecular flexibility index (Phi) is 4.85. The van der Waals surface area contributed by atoms with E-state index >= 15 is 0 Å². The summed E-state index contributed by atoms with van der Waals surface area (Å²) in [5.41, 5.74) is 0.391. The number of fused-ring (bicyclic) bond motifs is 1. The lowest BCUT2D eigenvalue weighted by atomic mass is 10.0. The summed E-state index contributed by atoms with van der Waals surface area (Å²) in [5, 5.41) is 3.40. The number of hydrogen-bond donors (Lipinski definition) is 1. The largest absolute Gasteiger partial charge is 0.416 e. The third-order valence-corrected chi connectivity index (χ3v) is 4.69. The molecule has 2 fully saturated rings. The second kappa shape index (κ2) is 6.15. The minimum atomic E-state index is -4.25. The monoisotopic (exact) mass is 320 g/mol. The fraction of sp³-hybridized carbons (Fsp3) is 0.600. The quantitative estimate of drug-likeness (QED) is 0.899. The zero-order chi connectivity index (χ0) is 14.3. The molecule has 3 atom stereocenters. The van der Waals surface area contributed by atoms with E-state index in [0.717, 1.165) is 31.7 Å². The zero-order valence-electron chi connectivity index (χ0n) is 11.9. The first-order valence-corrected chi connectivity index (χ1v) is 7.07. The van der Waals surface area contributed by atoms with E-state index < -0.39 is 11.7 Å². The summed E-state index contributed by atoms with van der Waals surface area (Å²) in [6, 6.07) is 5.77. The molecule has 2 aliphatic heterocycles. The molecule has 0 spiro atoms. The van der Waals surface area contributed by atoms with Crippen LogP contribution in [0.15, 0.2) is 24.3 Å². The van der Waals surface area contributed by atoms with Gasteiger partial charge in [-0.25, -0.2) is 0 Å². The third-order valence-electron chi connectivity index (χ3n) is 4.69. The first-order chi connectivity index (χ1) is 9.45. The number of benzene rings is 1. The van der Waals surface area contributed by atoms with Crippen LogP contribution in [0.3, 0.4) is 0 Å². The van der Waals surface area contributed by atoms with Crippen molar-refractivity contribution in [2.24, 2.45) is 11.8 Å². The predicted octanol–water partition coefficient (Wildman–Crippen LogP) is 3.34. The van der Waals surface area contributed by atoms with Crippen LogP contribution in [-0.2, 0) is 6.18 Å². The molecule has 1 aromatic carbocycles. The molecule has 0 aliphatic carbocycles. The van der Waals surface area contributed by atoms with Gasteiger partial charge in [0.05, 0.1) is 5.56 Å². The molecule has 2 aliphatic rings. The highest BCUT2D eigenvalue weighted by molar-refractivity contribution is 5.85.